The minimum Gasteiger partial charge on any atom is -0.342 e. The fraction of sp³-hybridized carbons (Fsp3) is 0.238. The molecule has 1 fully saturated rings. The smallest absolute Gasteiger partial charge is 0.227 e. The standard InChI is InChI=1S/C21H20ClN3O/c22-18-10-8-16(9-11-18)21-17(14-20(26)24-12-4-5-13-24)15-25(23-21)19-6-2-1-3-7-19/h1-3,6-11,15H,4-5,12-14H2. The molecule has 4 rings (SSSR count). The van der Waals surface area contributed by atoms with E-state index in [4.69, 9.17) is 16.7 Å². The molecule has 0 saturated carbocycles. The van der Waals surface area contributed by atoms with Gasteiger partial charge in [-0.15, -0.1) is 0 Å². The largest absolute Gasteiger partial charge is 0.342 e. The number of amides is 1. The second-order valence-electron chi connectivity index (χ2n) is 6.55. The first-order valence-electron chi connectivity index (χ1n) is 8.88. The van der Waals surface area contributed by atoms with E-state index in [0.29, 0.717) is 11.4 Å². The summed E-state index contributed by atoms with van der Waals surface area (Å²) in [6, 6.07) is 17.5. The van der Waals surface area contributed by atoms with Crippen molar-refractivity contribution in [2.24, 2.45) is 0 Å². The summed E-state index contributed by atoms with van der Waals surface area (Å²) in [5, 5.41) is 5.45. The average Bonchev–Trinajstić information content (AvgIpc) is 3.33. The number of likely N-dealkylation sites (tertiary alicyclic amines) is 1. The Labute approximate surface area is 158 Å². The quantitative estimate of drug-likeness (QED) is 0.689. The molecule has 26 heavy (non-hydrogen) atoms. The summed E-state index contributed by atoms with van der Waals surface area (Å²) in [5.74, 6) is 0.172. The van der Waals surface area contributed by atoms with Gasteiger partial charge >= 0.3 is 0 Å². The van der Waals surface area contributed by atoms with E-state index in [-0.39, 0.29) is 5.91 Å². The fourth-order valence-electron chi connectivity index (χ4n) is 3.34. The molecule has 132 valence electrons. The third-order valence-corrected chi connectivity index (χ3v) is 4.98. The molecular weight excluding hydrogens is 346 g/mol. The van der Waals surface area contributed by atoms with E-state index < -0.39 is 0 Å². The normalized spacial score (nSPS) is 14.0. The number of halogens is 1. The zero-order chi connectivity index (χ0) is 17.9. The highest BCUT2D eigenvalue weighted by Gasteiger charge is 2.21. The highest BCUT2D eigenvalue weighted by Crippen LogP contribution is 2.26. The summed E-state index contributed by atoms with van der Waals surface area (Å²) < 4.78 is 1.84. The number of hydrogen-bond acceptors (Lipinski definition) is 2. The monoisotopic (exact) mass is 365 g/mol. The topological polar surface area (TPSA) is 38.1 Å². The van der Waals surface area contributed by atoms with Crippen LogP contribution in [-0.2, 0) is 11.2 Å². The van der Waals surface area contributed by atoms with E-state index >= 15 is 0 Å². The van der Waals surface area contributed by atoms with Gasteiger partial charge in [0.05, 0.1) is 17.8 Å². The molecule has 1 aromatic heterocycles. The van der Waals surface area contributed by atoms with Crippen LogP contribution in [0, 0.1) is 0 Å². The molecule has 1 aliphatic rings. The Hall–Kier alpha value is -2.59. The molecule has 2 aromatic carbocycles. The molecular formula is C21H20ClN3O. The Morgan fingerprint density at radius 2 is 1.69 bits per heavy atom. The third-order valence-electron chi connectivity index (χ3n) is 4.73. The number of carbonyl (C=O) groups excluding carboxylic acids is 1. The summed E-state index contributed by atoms with van der Waals surface area (Å²) >= 11 is 6.02. The van der Waals surface area contributed by atoms with Crippen molar-refractivity contribution in [3.63, 3.8) is 0 Å². The van der Waals surface area contributed by atoms with Gasteiger partial charge in [0.1, 0.15) is 0 Å². The number of nitrogens with zero attached hydrogens (tertiary/aromatic N) is 3. The van der Waals surface area contributed by atoms with E-state index in [1.54, 1.807) is 0 Å². The summed E-state index contributed by atoms with van der Waals surface area (Å²) in [4.78, 5) is 14.6. The minimum atomic E-state index is 0.172. The maximum absolute atomic E-state index is 12.7. The van der Waals surface area contributed by atoms with E-state index in [0.717, 1.165) is 48.4 Å². The van der Waals surface area contributed by atoms with Crippen LogP contribution in [0.5, 0.6) is 0 Å². The molecule has 0 N–H and O–H groups in total. The zero-order valence-corrected chi connectivity index (χ0v) is 15.2. The molecule has 2 heterocycles. The maximum Gasteiger partial charge on any atom is 0.227 e. The van der Waals surface area contributed by atoms with Gasteiger partial charge in [-0.05, 0) is 37.1 Å². The van der Waals surface area contributed by atoms with Crippen LogP contribution in [0.4, 0.5) is 0 Å². The van der Waals surface area contributed by atoms with Gasteiger partial charge in [0.15, 0.2) is 0 Å². The number of benzene rings is 2. The average molecular weight is 366 g/mol. The van der Waals surface area contributed by atoms with Crippen LogP contribution in [0.25, 0.3) is 16.9 Å². The second-order valence-corrected chi connectivity index (χ2v) is 6.99. The summed E-state index contributed by atoms with van der Waals surface area (Å²) in [7, 11) is 0. The van der Waals surface area contributed by atoms with Crippen molar-refractivity contribution < 1.29 is 4.79 Å². The molecule has 1 amide bonds. The van der Waals surface area contributed by atoms with Crippen molar-refractivity contribution in [2.45, 2.75) is 19.3 Å². The highest BCUT2D eigenvalue weighted by atomic mass is 35.5. The molecule has 0 aliphatic carbocycles. The molecule has 1 aliphatic heterocycles. The number of para-hydroxylation sites is 1. The van der Waals surface area contributed by atoms with Crippen LogP contribution in [-0.4, -0.2) is 33.7 Å². The molecule has 0 spiro atoms. The van der Waals surface area contributed by atoms with E-state index in [1.807, 2.05) is 70.4 Å². The summed E-state index contributed by atoms with van der Waals surface area (Å²) in [5.41, 5.74) is 3.71. The van der Waals surface area contributed by atoms with Crippen LogP contribution in [0.1, 0.15) is 18.4 Å². The predicted octanol–water partition coefficient (Wildman–Crippen LogP) is 4.36. The van der Waals surface area contributed by atoms with Gasteiger partial charge < -0.3 is 4.90 Å². The van der Waals surface area contributed by atoms with Crippen molar-refractivity contribution in [1.29, 1.82) is 0 Å². The molecule has 4 nitrogen and oxygen atoms in total. The Kier molecular flexibility index (Phi) is 4.76. The maximum atomic E-state index is 12.7. The second kappa shape index (κ2) is 7.34. The van der Waals surface area contributed by atoms with Gasteiger partial charge in [-0.2, -0.15) is 5.10 Å². The lowest BCUT2D eigenvalue weighted by Gasteiger charge is -2.14. The third kappa shape index (κ3) is 3.51. The van der Waals surface area contributed by atoms with Crippen LogP contribution in [0.2, 0.25) is 5.02 Å². The van der Waals surface area contributed by atoms with Crippen molar-refractivity contribution in [3.8, 4) is 16.9 Å². The first-order valence-corrected chi connectivity index (χ1v) is 9.26. The number of aromatic nitrogens is 2. The van der Waals surface area contributed by atoms with Gasteiger partial charge in [-0.1, -0.05) is 41.9 Å². The van der Waals surface area contributed by atoms with Crippen molar-refractivity contribution >= 4 is 17.5 Å². The van der Waals surface area contributed by atoms with Crippen LogP contribution >= 0.6 is 11.6 Å². The Balaban J connectivity index is 1.71. The molecule has 1 saturated heterocycles. The van der Waals surface area contributed by atoms with E-state index in [9.17, 15) is 4.79 Å². The van der Waals surface area contributed by atoms with Gasteiger partial charge in [-0.3, -0.25) is 4.79 Å². The molecule has 3 aromatic rings. The number of carbonyl (C=O) groups is 1. The summed E-state index contributed by atoms with van der Waals surface area (Å²) in [6.45, 7) is 1.73. The first kappa shape index (κ1) is 16.9. The van der Waals surface area contributed by atoms with Crippen LogP contribution in [0.3, 0.4) is 0 Å². The molecule has 0 unspecified atom stereocenters. The Morgan fingerprint density at radius 3 is 2.38 bits per heavy atom. The number of hydrogen-bond donors (Lipinski definition) is 0. The molecule has 0 bridgehead atoms. The van der Waals surface area contributed by atoms with Crippen molar-refractivity contribution in [1.82, 2.24) is 14.7 Å². The van der Waals surface area contributed by atoms with Gasteiger partial charge in [0.25, 0.3) is 0 Å². The van der Waals surface area contributed by atoms with Gasteiger partial charge in [0.2, 0.25) is 5.91 Å². The van der Waals surface area contributed by atoms with Crippen LogP contribution < -0.4 is 0 Å². The van der Waals surface area contributed by atoms with E-state index in [1.165, 1.54) is 0 Å². The Bertz CT molecular complexity index is 897. The first-order chi connectivity index (χ1) is 12.7. The van der Waals surface area contributed by atoms with Gasteiger partial charge in [0, 0.05) is 35.4 Å². The molecule has 0 atom stereocenters. The highest BCUT2D eigenvalue weighted by molar-refractivity contribution is 6.30. The van der Waals surface area contributed by atoms with Crippen LogP contribution in [0.15, 0.2) is 60.8 Å². The molecule has 5 heteroatoms. The fourth-order valence-corrected chi connectivity index (χ4v) is 3.47. The molecule has 0 radical (unpaired) electrons. The van der Waals surface area contributed by atoms with E-state index in [2.05, 4.69) is 0 Å². The summed E-state index contributed by atoms with van der Waals surface area (Å²) in [6.07, 6.45) is 4.52. The lowest BCUT2D eigenvalue weighted by atomic mass is 10.1. The lowest BCUT2D eigenvalue weighted by Crippen LogP contribution is -2.29. The van der Waals surface area contributed by atoms with Crippen molar-refractivity contribution in [2.75, 3.05) is 13.1 Å². The minimum absolute atomic E-state index is 0.172. The van der Waals surface area contributed by atoms with Crippen molar-refractivity contribution in [3.05, 3.63) is 71.4 Å². The zero-order valence-electron chi connectivity index (χ0n) is 14.4. The predicted molar refractivity (Wildman–Crippen MR) is 104 cm³/mol. The Morgan fingerprint density at radius 1 is 1.00 bits per heavy atom. The SMILES string of the molecule is O=C(Cc1cn(-c2ccccc2)nc1-c1ccc(Cl)cc1)N1CCCC1. The lowest BCUT2D eigenvalue weighted by molar-refractivity contribution is -0.129. The van der Waals surface area contributed by atoms with Gasteiger partial charge in [-0.25, -0.2) is 4.68 Å². The number of rotatable bonds is 4.